The van der Waals surface area contributed by atoms with Crippen LogP contribution in [0.1, 0.15) is 47.8 Å². The Morgan fingerprint density at radius 3 is 2.20 bits per heavy atom. The number of carbonyl (C=O) groups is 3. The van der Waals surface area contributed by atoms with Crippen LogP contribution in [0, 0.1) is 6.92 Å². The number of fused-ring (bicyclic) bond motifs is 3. The molecule has 30 heavy (non-hydrogen) atoms. The van der Waals surface area contributed by atoms with Gasteiger partial charge in [0.1, 0.15) is 28.6 Å². The highest BCUT2D eigenvalue weighted by Gasteiger charge is 2.36. The Morgan fingerprint density at radius 2 is 1.57 bits per heavy atom. The summed E-state index contributed by atoms with van der Waals surface area (Å²) in [6.07, 6.45) is 0. The van der Waals surface area contributed by atoms with Crippen LogP contribution in [0.4, 0.5) is 0 Å². The first-order valence-corrected chi connectivity index (χ1v) is 8.82. The summed E-state index contributed by atoms with van der Waals surface area (Å²) in [5.41, 5.74) is -0.472. The Balaban J connectivity index is 2.12. The van der Waals surface area contributed by atoms with Crippen molar-refractivity contribution in [2.45, 2.75) is 6.92 Å². The van der Waals surface area contributed by atoms with E-state index in [9.17, 15) is 29.7 Å². The molecule has 0 saturated carbocycles. The van der Waals surface area contributed by atoms with Crippen LogP contribution in [-0.4, -0.2) is 47.1 Å². The van der Waals surface area contributed by atoms with Gasteiger partial charge in [-0.3, -0.25) is 9.59 Å². The van der Waals surface area contributed by atoms with E-state index in [4.69, 9.17) is 9.47 Å². The van der Waals surface area contributed by atoms with Crippen LogP contribution in [0.3, 0.4) is 0 Å². The molecular formula is C22H16O8. The van der Waals surface area contributed by atoms with Crippen molar-refractivity contribution < 1.29 is 39.2 Å². The minimum Gasteiger partial charge on any atom is -0.508 e. The van der Waals surface area contributed by atoms with Crippen LogP contribution in [-0.2, 0) is 4.74 Å². The van der Waals surface area contributed by atoms with E-state index >= 15 is 0 Å². The number of ketones is 2. The zero-order valence-corrected chi connectivity index (χ0v) is 16.2. The molecular weight excluding hydrogens is 392 g/mol. The monoisotopic (exact) mass is 408 g/mol. The SMILES string of the molecule is COC(=O)c1c(OC)cc2cc3c(c(O)c2c1C)C(=O)c1c(O)cc(O)cc1C3=O. The number of benzene rings is 3. The number of phenols is 3. The lowest BCUT2D eigenvalue weighted by atomic mass is 9.80. The van der Waals surface area contributed by atoms with Crippen molar-refractivity contribution in [3.05, 3.63) is 57.6 Å². The molecule has 0 atom stereocenters. The summed E-state index contributed by atoms with van der Waals surface area (Å²) in [6, 6.07) is 4.90. The largest absolute Gasteiger partial charge is 0.508 e. The number of aryl methyl sites for hydroxylation is 1. The maximum Gasteiger partial charge on any atom is 0.341 e. The quantitative estimate of drug-likeness (QED) is 0.432. The molecule has 0 unspecified atom stereocenters. The van der Waals surface area contributed by atoms with E-state index in [1.165, 1.54) is 26.4 Å². The van der Waals surface area contributed by atoms with Crippen molar-refractivity contribution in [3.8, 4) is 23.0 Å². The second kappa shape index (κ2) is 6.48. The molecule has 0 spiro atoms. The molecule has 0 aliphatic heterocycles. The predicted molar refractivity (Wildman–Crippen MR) is 105 cm³/mol. The summed E-state index contributed by atoms with van der Waals surface area (Å²) < 4.78 is 10.1. The lowest BCUT2D eigenvalue weighted by Gasteiger charge is -2.22. The number of ether oxygens (including phenoxy) is 2. The molecule has 3 aromatic carbocycles. The molecule has 0 saturated heterocycles. The van der Waals surface area contributed by atoms with Crippen LogP contribution in [0.25, 0.3) is 10.8 Å². The Kier molecular flexibility index (Phi) is 4.16. The minimum atomic E-state index is -0.772. The second-order valence-electron chi connectivity index (χ2n) is 6.86. The molecule has 8 heteroatoms. The van der Waals surface area contributed by atoms with Crippen molar-refractivity contribution in [1.82, 2.24) is 0 Å². The number of hydrogen-bond acceptors (Lipinski definition) is 8. The highest BCUT2D eigenvalue weighted by molar-refractivity contribution is 6.32. The number of aromatic hydroxyl groups is 3. The standard InChI is InChI=1S/C22H16O8/c1-8-15-9(5-14(29-2)16(8)22(28)30-3)4-11-18(20(15)26)21(27)17-12(19(11)25)6-10(23)7-13(17)24/h4-7,23-24,26H,1-3H3. The molecule has 0 heterocycles. The molecule has 4 rings (SSSR count). The van der Waals surface area contributed by atoms with Gasteiger partial charge in [0.2, 0.25) is 5.78 Å². The topological polar surface area (TPSA) is 130 Å². The van der Waals surface area contributed by atoms with E-state index in [1.807, 2.05) is 0 Å². The van der Waals surface area contributed by atoms with Gasteiger partial charge >= 0.3 is 5.97 Å². The third kappa shape index (κ3) is 2.43. The molecule has 3 aromatic rings. The third-order valence-electron chi connectivity index (χ3n) is 5.27. The smallest absolute Gasteiger partial charge is 0.341 e. The van der Waals surface area contributed by atoms with Crippen molar-refractivity contribution in [2.24, 2.45) is 0 Å². The fourth-order valence-corrected chi connectivity index (χ4v) is 3.95. The van der Waals surface area contributed by atoms with Gasteiger partial charge in [-0.1, -0.05) is 0 Å². The average molecular weight is 408 g/mol. The molecule has 0 radical (unpaired) electrons. The van der Waals surface area contributed by atoms with Gasteiger partial charge in [0.05, 0.1) is 25.3 Å². The predicted octanol–water partition coefficient (Wildman–Crippen LogP) is 2.84. The molecule has 1 aliphatic rings. The van der Waals surface area contributed by atoms with Gasteiger partial charge in [0.25, 0.3) is 0 Å². The Hall–Kier alpha value is -4.07. The van der Waals surface area contributed by atoms with Crippen LogP contribution < -0.4 is 4.74 Å². The zero-order valence-electron chi connectivity index (χ0n) is 16.2. The molecule has 0 fully saturated rings. The Labute approximate surface area is 169 Å². The summed E-state index contributed by atoms with van der Waals surface area (Å²) in [5, 5.41) is 31.4. The molecule has 0 bridgehead atoms. The zero-order chi connectivity index (χ0) is 21.9. The van der Waals surface area contributed by atoms with Gasteiger partial charge < -0.3 is 24.8 Å². The summed E-state index contributed by atoms with van der Waals surface area (Å²) in [6.45, 7) is 1.56. The van der Waals surface area contributed by atoms with Crippen molar-refractivity contribution in [3.63, 3.8) is 0 Å². The molecule has 152 valence electrons. The lowest BCUT2D eigenvalue weighted by molar-refractivity contribution is 0.0596. The summed E-state index contributed by atoms with van der Waals surface area (Å²) in [5.74, 6) is -3.37. The number of esters is 1. The van der Waals surface area contributed by atoms with E-state index in [0.717, 1.165) is 12.1 Å². The molecule has 0 aromatic heterocycles. The van der Waals surface area contributed by atoms with Crippen molar-refractivity contribution in [2.75, 3.05) is 14.2 Å². The van der Waals surface area contributed by atoms with Gasteiger partial charge in [-0.2, -0.15) is 0 Å². The first-order chi connectivity index (χ1) is 14.2. The van der Waals surface area contributed by atoms with Crippen LogP contribution in [0.2, 0.25) is 0 Å². The summed E-state index contributed by atoms with van der Waals surface area (Å²) in [4.78, 5) is 38.4. The van der Waals surface area contributed by atoms with E-state index in [2.05, 4.69) is 0 Å². The highest BCUT2D eigenvalue weighted by Crippen LogP contribution is 2.44. The normalized spacial score (nSPS) is 12.5. The van der Waals surface area contributed by atoms with Crippen LogP contribution >= 0.6 is 0 Å². The summed E-state index contributed by atoms with van der Waals surface area (Å²) >= 11 is 0. The van der Waals surface area contributed by atoms with Crippen molar-refractivity contribution in [1.29, 1.82) is 0 Å². The fourth-order valence-electron chi connectivity index (χ4n) is 3.95. The maximum absolute atomic E-state index is 13.1. The van der Waals surface area contributed by atoms with E-state index in [1.54, 1.807) is 6.92 Å². The first kappa shape index (κ1) is 19.3. The fraction of sp³-hybridized carbons (Fsp3) is 0.136. The molecule has 1 aliphatic carbocycles. The number of rotatable bonds is 2. The third-order valence-corrected chi connectivity index (χ3v) is 5.27. The van der Waals surface area contributed by atoms with E-state index < -0.39 is 29.0 Å². The van der Waals surface area contributed by atoms with Crippen LogP contribution in [0.15, 0.2) is 24.3 Å². The first-order valence-electron chi connectivity index (χ1n) is 8.82. The van der Waals surface area contributed by atoms with Crippen LogP contribution in [0.5, 0.6) is 23.0 Å². The maximum atomic E-state index is 13.1. The minimum absolute atomic E-state index is 0.0745. The van der Waals surface area contributed by atoms with E-state index in [-0.39, 0.29) is 44.7 Å². The van der Waals surface area contributed by atoms with E-state index in [0.29, 0.717) is 10.9 Å². The van der Waals surface area contributed by atoms with Gasteiger partial charge in [-0.25, -0.2) is 4.79 Å². The Bertz CT molecular complexity index is 1300. The van der Waals surface area contributed by atoms with Crippen molar-refractivity contribution >= 4 is 28.3 Å². The van der Waals surface area contributed by atoms with Gasteiger partial charge in [-0.15, -0.1) is 0 Å². The highest BCUT2D eigenvalue weighted by atomic mass is 16.5. The van der Waals surface area contributed by atoms with Gasteiger partial charge in [0.15, 0.2) is 5.78 Å². The Morgan fingerprint density at radius 1 is 0.900 bits per heavy atom. The summed E-state index contributed by atoms with van der Waals surface area (Å²) in [7, 11) is 2.57. The lowest BCUT2D eigenvalue weighted by Crippen LogP contribution is -2.21. The van der Waals surface area contributed by atoms with Gasteiger partial charge in [-0.05, 0) is 36.1 Å². The number of phenolic OH excluding ortho intramolecular Hbond substituents is 3. The molecule has 0 amide bonds. The number of carbonyl (C=O) groups excluding carboxylic acids is 3. The molecule has 3 N–H and O–H groups in total. The molecule has 8 nitrogen and oxygen atoms in total. The number of hydrogen-bond donors (Lipinski definition) is 3. The second-order valence-corrected chi connectivity index (χ2v) is 6.86. The average Bonchev–Trinajstić information content (AvgIpc) is 2.70. The number of methoxy groups -OCH3 is 2. The van der Waals surface area contributed by atoms with Gasteiger partial charge in [0, 0.05) is 22.6 Å².